The monoisotopic (exact) mass is 395 g/mol. The molecule has 8 heteroatoms. The maximum Gasteiger partial charge on any atom is 0.339 e. The van der Waals surface area contributed by atoms with E-state index in [0.29, 0.717) is 12.4 Å². The minimum atomic E-state index is -1.11. The summed E-state index contributed by atoms with van der Waals surface area (Å²) in [5.41, 5.74) is 0.361. The molecule has 2 aromatic carbocycles. The number of ether oxygens (including phenoxy) is 3. The first-order chi connectivity index (χ1) is 12.8. The van der Waals surface area contributed by atoms with Crippen LogP contribution in [0, 0.1) is 5.82 Å². The first-order valence-corrected chi connectivity index (χ1v) is 8.51. The van der Waals surface area contributed by atoms with Gasteiger partial charge in [-0.1, -0.05) is 17.7 Å². The van der Waals surface area contributed by atoms with Crippen LogP contribution in [0.2, 0.25) is 5.02 Å². The van der Waals surface area contributed by atoms with Crippen LogP contribution in [0.1, 0.15) is 24.2 Å². The first kappa shape index (κ1) is 20.5. The molecular formula is C19H19ClFNO5. The summed E-state index contributed by atoms with van der Waals surface area (Å²) in [5, 5.41) is 2.65. The van der Waals surface area contributed by atoms with E-state index in [1.54, 1.807) is 6.92 Å². The summed E-state index contributed by atoms with van der Waals surface area (Å²) in [4.78, 5) is 24.5. The van der Waals surface area contributed by atoms with Gasteiger partial charge in [0, 0.05) is 5.69 Å². The summed E-state index contributed by atoms with van der Waals surface area (Å²) in [6.07, 6.45) is -1.11. The maximum atomic E-state index is 13.2. The highest BCUT2D eigenvalue weighted by atomic mass is 35.5. The van der Waals surface area contributed by atoms with Crippen LogP contribution in [0.25, 0.3) is 0 Å². The number of hydrogen-bond donors (Lipinski definition) is 1. The number of esters is 1. The van der Waals surface area contributed by atoms with Gasteiger partial charge in [0.25, 0.3) is 5.91 Å². The molecule has 0 saturated heterocycles. The Labute approximate surface area is 161 Å². The number of nitrogens with one attached hydrogen (secondary N) is 1. The molecule has 0 unspecified atom stereocenters. The van der Waals surface area contributed by atoms with Gasteiger partial charge >= 0.3 is 5.97 Å². The smallest absolute Gasteiger partial charge is 0.339 e. The molecule has 0 aliphatic rings. The average Bonchev–Trinajstić information content (AvgIpc) is 2.63. The third-order valence-electron chi connectivity index (χ3n) is 3.50. The minimum Gasteiger partial charge on any atom is -0.493 e. The number of benzene rings is 2. The molecule has 0 heterocycles. The second-order valence-electron chi connectivity index (χ2n) is 5.47. The average molecular weight is 396 g/mol. The molecule has 0 aromatic heterocycles. The lowest BCUT2D eigenvalue weighted by atomic mass is 10.2. The third kappa shape index (κ3) is 5.34. The highest BCUT2D eigenvalue weighted by Crippen LogP contribution is 2.36. The SMILES string of the molecule is CCOc1c(Cl)cc(C(=O)O[C@H](C)C(=O)Nc2cccc(F)c2)cc1OC. The molecule has 1 amide bonds. The van der Waals surface area contributed by atoms with Crippen molar-refractivity contribution in [1.29, 1.82) is 0 Å². The Morgan fingerprint density at radius 3 is 2.63 bits per heavy atom. The lowest BCUT2D eigenvalue weighted by Gasteiger charge is -2.15. The van der Waals surface area contributed by atoms with Crippen molar-refractivity contribution >= 4 is 29.2 Å². The van der Waals surface area contributed by atoms with Crippen LogP contribution in [0.5, 0.6) is 11.5 Å². The lowest BCUT2D eigenvalue weighted by Crippen LogP contribution is -2.30. The van der Waals surface area contributed by atoms with E-state index in [9.17, 15) is 14.0 Å². The van der Waals surface area contributed by atoms with Crippen LogP contribution in [0.4, 0.5) is 10.1 Å². The Hall–Kier alpha value is -2.80. The fourth-order valence-electron chi connectivity index (χ4n) is 2.21. The Morgan fingerprint density at radius 2 is 2.00 bits per heavy atom. The number of methoxy groups -OCH3 is 1. The molecule has 0 aliphatic carbocycles. The predicted molar refractivity (Wildman–Crippen MR) is 99.1 cm³/mol. The van der Waals surface area contributed by atoms with E-state index in [0.717, 1.165) is 6.07 Å². The highest BCUT2D eigenvalue weighted by Gasteiger charge is 2.22. The van der Waals surface area contributed by atoms with Crippen molar-refractivity contribution in [2.45, 2.75) is 20.0 Å². The molecule has 2 aromatic rings. The number of carbonyl (C=O) groups excluding carboxylic acids is 2. The van der Waals surface area contributed by atoms with Crippen molar-refractivity contribution in [3.05, 3.63) is 52.8 Å². The van der Waals surface area contributed by atoms with E-state index in [-0.39, 0.29) is 22.0 Å². The molecule has 144 valence electrons. The van der Waals surface area contributed by atoms with Crippen molar-refractivity contribution < 1.29 is 28.2 Å². The number of hydrogen-bond acceptors (Lipinski definition) is 5. The van der Waals surface area contributed by atoms with Gasteiger partial charge in [0.1, 0.15) is 5.82 Å². The van der Waals surface area contributed by atoms with Crippen LogP contribution in [-0.2, 0) is 9.53 Å². The Balaban J connectivity index is 2.09. The van der Waals surface area contributed by atoms with E-state index in [1.807, 2.05) is 0 Å². The third-order valence-corrected chi connectivity index (χ3v) is 3.78. The van der Waals surface area contributed by atoms with Gasteiger partial charge in [-0.25, -0.2) is 9.18 Å². The van der Waals surface area contributed by atoms with Gasteiger partial charge in [0.2, 0.25) is 0 Å². The van der Waals surface area contributed by atoms with E-state index in [2.05, 4.69) is 5.32 Å². The zero-order chi connectivity index (χ0) is 20.0. The largest absolute Gasteiger partial charge is 0.493 e. The standard InChI is InChI=1S/C19H19ClFNO5/c1-4-26-17-15(20)8-12(9-16(17)25-3)19(24)27-11(2)18(23)22-14-7-5-6-13(21)10-14/h5-11H,4H2,1-3H3,(H,22,23)/t11-/m1/s1. The van der Waals surface area contributed by atoms with Gasteiger partial charge < -0.3 is 19.5 Å². The van der Waals surface area contributed by atoms with Crippen LogP contribution in [0.15, 0.2) is 36.4 Å². The van der Waals surface area contributed by atoms with Crippen molar-refractivity contribution in [2.75, 3.05) is 19.0 Å². The quantitative estimate of drug-likeness (QED) is 0.715. The van der Waals surface area contributed by atoms with Crippen molar-refractivity contribution in [1.82, 2.24) is 0 Å². The van der Waals surface area contributed by atoms with E-state index in [1.165, 1.54) is 44.4 Å². The zero-order valence-corrected chi connectivity index (χ0v) is 15.8. The zero-order valence-electron chi connectivity index (χ0n) is 15.0. The van der Waals surface area contributed by atoms with E-state index < -0.39 is 23.8 Å². The lowest BCUT2D eigenvalue weighted by molar-refractivity contribution is -0.123. The van der Waals surface area contributed by atoms with Crippen molar-refractivity contribution in [3.8, 4) is 11.5 Å². The molecule has 27 heavy (non-hydrogen) atoms. The summed E-state index contributed by atoms with van der Waals surface area (Å²) in [5.74, 6) is -1.27. The molecule has 0 fully saturated rings. The number of anilines is 1. The second-order valence-corrected chi connectivity index (χ2v) is 5.88. The first-order valence-electron chi connectivity index (χ1n) is 8.13. The van der Waals surface area contributed by atoms with Crippen LogP contribution >= 0.6 is 11.6 Å². The minimum absolute atomic E-state index is 0.103. The maximum absolute atomic E-state index is 13.2. The molecule has 0 bridgehead atoms. The summed E-state index contributed by atoms with van der Waals surface area (Å²) in [7, 11) is 1.42. The van der Waals surface area contributed by atoms with E-state index >= 15 is 0 Å². The van der Waals surface area contributed by atoms with Crippen LogP contribution in [-0.4, -0.2) is 31.7 Å². The van der Waals surface area contributed by atoms with Crippen molar-refractivity contribution in [2.24, 2.45) is 0 Å². The van der Waals surface area contributed by atoms with Gasteiger partial charge in [0.15, 0.2) is 17.6 Å². The predicted octanol–water partition coefficient (Wildman–Crippen LogP) is 4.07. The fourth-order valence-corrected chi connectivity index (χ4v) is 2.48. The second kappa shape index (κ2) is 9.23. The molecule has 1 atom stereocenters. The molecule has 0 aliphatic heterocycles. The normalized spacial score (nSPS) is 11.4. The van der Waals surface area contributed by atoms with Crippen LogP contribution in [0.3, 0.4) is 0 Å². The van der Waals surface area contributed by atoms with Gasteiger partial charge in [-0.3, -0.25) is 4.79 Å². The van der Waals surface area contributed by atoms with E-state index in [4.69, 9.17) is 25.8 Å². The van der Waals surface area contributed by atoms with Gasteiger partial charge in [0.05, 0.1) is 24.3 Å². The number of carbonyl (C=O) groups is 2. The Bertz CT molecular complexity index is 843. The molecule has 6 nitrogen and oxygen atoms in total. The molecular weight excluding hydrogens is 377 g/mol. The van der Waals surface area contributed by atoms with Gasteiger partial charge in [-0.15, -0.1) is 0 Å². The summed E-state index contributed by atoms with van der Waals surface area (Å²) < 4.78 is 28.9. The molecule has 1 N–H and O–H groups in total. The Kier molecular flexibility index (Phi) is 7.01. The Morgan fingerprint density at radius 1 is 1.26 bits per heavy atom. The number of halogens is 2. The van der Waals surface area contributed by atoms with Gasteiger partial charge in [-0.05, 0) is 44.2 Å². The summed E-state index contributed by atoms with van der Waals surface area (Å²) in [6.45, 7) is 3.56. The highest BCUT2D eigenvalue weighted by molar-refractivity contribution is 6.32. The van der Waals surface area contributed by atoms with Crippen molar-refractivity contribution in [3.63, 3.8) is 0 Å². The molecule has 0 saturated carbocycles. The number of rotatable bonds is 7. The molecule has 2 rings (SSSR count). The van der Waals surface area contributed by atoms with Gasteiger partial charge in [-0.2, -0.15) is 0 Å². The van der Waals surface area contributed by atoms with Crippen LogP contribution < -0.4 is 14.8 Å². The topological polar surface area (TPSA) is 73.9 Å². The molecule has 0 spiro atoms. The fraction of sp³-hybridized carbons (Fsp3) is 0.263. The number of amides is 1. The molecule has 0 radical (unpaired) electrons. The summed E-state index contributed by atoms with van der Waals surface area (Å²) in [6, 6.07) is 8.17. The summed E-state index contributed by atoms with van der Waals surface area (Å²) >= 11 is 6.13.